The van der Waals surface area contributed by atoms with Crippen LogP contribution in [0.5, 0.6) is 0 Å². The zero-order chi connectivity index (χ0) is 16.2. The number of nitrogens with zero attached hydrogens (tertiary/aromatic N) is 5. The topological polar surface area (TPSA) is 68.5 Å². The van der Waals surface area contributed by atoms with Gasteiger partial charge in [0.2, 0.25) is 0 Å². The molecule has 1 atom stereocenters. The number of hydrogen-bond acceptors (Lipinski definition) is 5. The molecular weight excluding hydrogens is 288 g/mol. The summed E-state index contributed by atoms with van der Waals surface area (Å²) in [7, 11) is 0. The summed E-state index contributed by atoms with van der Waals surface area (Å²) in [4.78, 5) is 13.2. The fourth-order valence-electron chi connectivity index (χ4n) is 2.35. The lowest BCUT2D eigenvalue weighted by Gasteiger charge is -2.14. The van der Waals surface area contributed by atoms with Crippen molar-refractivity contribution >= 4 is 5.82 Å². The van der Waals surface area contributed by atoms with Gasteiger partial charge in [-0.3, -0.25) is 9.67 Å². The smallest absolute Gasteiger partial charge is 0.163 e. The quantitative estimate of drug-likeness (QED) is 0.783. The molecule has 0 amide bonds. The van der Waals surface area contributed by atoms with Gasteiger partial charge in [-0.15, -0.1) is 0 Å². The van der Waals surface area contributed by atoms with Crippen LogP contribution in [0.3, 0.4) is 0 Å². The third kappa shape index (κ3) is 3.53. The summed E-state index contributed by atoms with van der Waals surface area (Å²) in [6, 6.07) is 5.91. The Morgan fingerprint density at radius 2 is 2.13 bits per heavy atom. The lowest BCUT2D eigenvalue weighted by Crippen LogP contribution is -2.09. The van der Waals surface area contributed by atoms with E-state index >= 15 is 0 Å². The van der Waals surface area contributed by atoms with Gasteiger partial charge in [0.25, 0.3) is 0 Å². The van der Waals surface area contributed by atoms with Crippen molar-refractivity contribution in [3.63, 3.8) is 0 Å². The van der Waals surface area contributed by atoms with E-state index in [0.717, 1.165) is 29.2 Å². The van der Waals surface area contributed by atoms with Crippen molar-refractivity contribution in [1.82, 2.24) is 24.7 Å². The highest BCUT2D eigenvalue weighted by Gasteiger charge is 2.11. The average molecular weight is 308 g/mol. The number of anilines is 1. The number of aromatic nitrogens is 5. The van der Waals surface area contributed by atoms with Gasteiger partial charge in [-0.2, -0.15) is 5.10 Å². The van der Waals surface area contributed by atoms with E-state index in [1.807, 2.05) is 42.2 Å². The van der Waals surface area contributed by atoms with Gasteiger partial charge in [-0.1, -0.05) is 0 Å². The summed E-state index contributed by atoms with van der Waals surface area (Å²) in [6.07, 6.45) is 7.45. The van der Waals surface area contributed by atoms with E-state index in [4.69, 9.17) is 0 Å². The summed E-state index contributed by atoms with van der Waals surface area (Å²) in [5, 5.41) is 7.74. The molecule has 0 aromatic carbocycles. The van der Waals surface area contributed by atoms with Crippen molar-refractivity contribution in [2.75, 3.05) is 5.32 Å². The van der Waals surface area contributed by atoms with Crippen LogP contribution < -0.4 is 5.32 Å². The number of rotatable bonds is 5. The molecule has 1 N–H and O–H groups in total. The van der Waals surface area contributed by atoms with Crippen LogP contribution in [0.1, 0.15) is 31.1 Å². The van der Waals surface area contributed by atoms with Crippen molar-refractivity contribution in [2.24, 2.45) is 0 Å². The molecule has 6 nitrogen and oxygen atoms in total. The normalized spacial score (nSPS) is 12.1. The molecule has 3 rings (SSSR count). The SMILES string of the molecule is CCn1cc(C(C)Nc2cc(C)nc(-c3cccnc3)n2)cn1. The Balaban J connectivity index is 1.84. The van der Waals surface area contributed by atoms with Crippen LogP contribution in [0.15, 0.2) is 43.0 Å². The first-order valence-electron chi connectivity index (χ1n) is 7.70. The number of aryl methyl sites for hydroxylation is 2. The molecule has 0 saturated heterocycles. The molecule has 0 spiro atoms. The standard InChI is InChI=1S/C17H20N6/c1-4-23-11-15(10-19-23)13(3)21-16-8-12(2)20-17(22-16)14-6-5-7-18-9-14/h5-11,13H,4H2,1-3H3,(H,20,21,22). The molecule has 0 aliphatic carbocycles. The number of hydrogen-bond donors (Lipinski definition) is 1. The van der Waals surface area contributed by atoms with E-state index in [1.165, 1.54) is 0 Å². The Kier molecular flexibility index (Phi) is 4.32. The van der Waals surface area contributed by atoms with Gasteiger partial charge >= 0.3 is 0 Å². The van der Waals surface area contributed by atoms with Crippen molar-refractivity contribution in [3.8, 4) is 11.4 Å². The van der Waals surface area contributed by atoms with Gasteiger partial charge in [0.15, 0.2) is 5.82 Å². The van der Waals surface area contributed by atoms with Crippen molar-refractivity contribution in [1.29, 1.82) is 0 Å². The molecule has 0 radical (unpaired) electrons. The number of nitrogens with one attached hydrogen (secondary N) is 1. The second-order valence-corrected chi connectivity index (χ2v) is 5.46. The van der Waals surface area contributed by atoms with Gasteiger partial charge < -0.3 is 5.32 Å². The summed E-state index contributed by atoms with van der Waals surface area (Å²) < 4.78 is 1.92. The molecule has 6 heteroatoms. The van der Waals surface area contributed by atoms with Gasteiger partial charge in [0.05, 0.1) is 12.2 Å². The van der Waals surface area contributed by atoms with E-state index < -0.39 is 0 Å². The maximum atomic E-state index is 4.61. The van der Waals surface area contributed by atoms with E-state index in [-0.39, 0.29) is 6.04 Å². The van der Waals surface area contributed by atoms with Crippen molar-refractivity contribution < 1.29 is 0 Å². The van der Waals surface area contributed by atoms with E-state index in [1.54, 1.807) is 12.4 Å². The predicted octanol–water partition coefficient (Wildman–Crippen LogP) is 3.24. The van der Waals surface area contributed by atoms with Crippen molar-refractivity contribution in [3.05, 3.63) is 54.2 Å². The third-order valence-corrected chi connectivity index (χ3v) is 3.62. The van der Waals surface area contributed by atoms with Gasteiger partial charge in [-0.25, -0.2) is 9.97 Å². The van der Waals surface area contributed by atoms with Crippen LogP contribution in [-0.2, 0) is 6.54 Å². The van der Waals surface area contributed by atoms with Gasteiger partial charge in [-0.05, 0) is 32.9 Å². The molecular formula is C17H20N6. The van der Waals surface area contributed by atoms with Gasteiger partial charge in [0, 0.05) is 48.0 Å². The number of pyridine rings is 1. The van der Waals surface area contributed by atoms with Crippen LogP contribution in [0.25, 0.3) is 11.4 Å². The van der Waals surface area contributed by atoms with Crippen LogP contribution in [0.4, 0.5) is 5.82 Å². The minimum Gasteiger partial charge on any atom is -0.363 e. The average Bonchev–Trinajstić information content (AvgIpc) is 3.04. The van der Waals surface area contributed by atoms with Gasteiger partial charge in [0.1, 0.15) is 5.82 Å². The maximum absolute atomic E-state index is 4.61. The molecule has 0 aliphatic rings. The second kappa shape index (κ2) is 6.56. The maximum Gasteiger partial charge on any atom is 0.163 e. The highest BCUT2D eigenvalue weighted by molar-refractivity contribution is 5.56. The summed E-state index contributed by atoms with van der Waals surface area (Å²) >= 11 is 0. The molecule has 3 heterocycles. The minimum absolute atomic E-state index is 0.117. The summed E-state index contributed by atoms with van der Waals surface area (Å²) in [5.74, 6) is 1.48. The Morgan fingerprint density at radius 1 is 1.26 bits per heavy atom. The first kappa shape index (κ1) is 15.1. The monoisotopic (exact) mass is 308 g/mol. The first-order chi connectivity index (χ1) is 11.2. The predicted molar refractivity (Wildman–Crippen MR) is 89.9 cm³/mol. The summed E-state index contributed by atoms with van der Waals surface area (Å²) in [5.41, 5.74) is 2.95. The fraction of sp³-hybridized carbons (Fsp3) is 0.294. The zero-order valence-electron chi connectivity index (χ0n) is 13.6. The lowest BCUT2D eigenvalue weighted by molar-refractivity contribution is 0.658. The van der Waals surface area contributed by atoms with Crippen LogP contribution >= 0.6 is 0 Å². The van der Waals surface area contributed by atoms with Crippen LogP contribution in [0.2, 0.25) is 0 Å². The molecule has 118 valence electrons. The highest BCUT2D eigenvalue weighted by Crippen LogP contribution is 2.21. The molecule has 3 aromatic rings. The molecule has 3 aromatic heterocycles. The molecule has 0 fully saturated rings. The first-order valence-corrected chi connectivity index (χ1v) is 7.70. The Morgan fingerprint density at radius 3 is 2.83 bits per heavy atom. The lowest BCUT2D eigenvalue weighted by atomic mass is 10.2. The molecule has 1 unspecified atom stereocenters. The molecule has 0 bridgehead atoms. The van der Waals surface area contributed by atoms with Crippen molar-refractivity contribution in [2.45, 2.75) is 33.4 Å². The molecule has 0 saturated carbocycles. The highest BCUT2D eigenvalue weighted by atomic mass is 15.3. The minimum atomic E-state index is 0.117. The fourth-order valence-corrected chi connectivity index (χ4v) is 2.35. The Hall–Kier alpha value is -2.76. The molecule has 0 aliphatic heterocycles. The Labute approximate surface area is 135 Å². The second-order valence-electron chi connectivity index (χ2n) is 5.46. The van der Waals surface area contributed by atoms with E-state index in [2.05, 4.69) is 39.2 Å². The Bertz CT molecular complexity index is 781. The zero-order valence-corrected chi connectivity index (χ0v) is 13.6. The largest absolute Gasteiger partial charge is 0.363 e. The third-order valence-electron chi connectivity index (χ3n) is 3.62. The van der Waals surface area contributed by atoms with Crippen LogP contribution in [0, 0.1) is 6.92 Å². The van der Waals surface area contributed by atoms with Crippen LogP contribution in [-0.4, -0.2) is 24.7 Å². The molecule has 23 heavy (non-hydrogen) atoms. The van der Waals surface area contributed by atoms with E-state index in [0.29, 0.717) is 5.82 Å². The summed E-state index contributed by atoms with van der Waals surface area (Å²) in [6.45, 7) is 7.00. The van der Waals surface area contributed by atoms with E-state index in [9.17, 15) is 0 Å².